The summed E-state index contributed by atoms with van der Waals surface area (Å²) in [6.07, 6.45) is 0. The van der Waals surface area contributed by atoms with Crippen LogP contribution < -0.4 is 10.1 Å². The summed E-state index contributed by atoms with van der Waals surface area (Å²) in [6.45, 7) is 2.09. The van der Waals surface area contributed by atoms with Gasteiger partial charge in [0.1, 0.15) is 11.3 Å². The van der Waals surface area contributed by atoms with Gasteiger partial charge in [-0.1, -0.05) is 23.7 Å². The van der Waals surface area contributed by atoms with Crippen LogP contribution in [0.3, 0.4) is 0 Å². The number of hydrogen-bond donors (Lipinski definition) is 1. The molecule has 1 unspecified atom stereocenters. The maximum Gasteiger partial charge on any atom is 0.119 e. The summed E-state index contributed by atoms with van der Waals surface area (Å²) in [5.41, 5.74) is 4.77. The Morgan fingerprint density at radius 2 is 2.14 bits per heavy atom. The van der Waals surface area contributed by atoms with Crippen LogP contribution in [0.2, 0.25) is 5.02 Å². The summed E-state index contributed by atoms with van der Waals surface area (Å²) in [5, 5.41) is 4.15. The summed E-state index contributed by atoms with van der Waals surface area (Å²) in [6, 6.07) is 12.0. The van der Waals surface area contributed by atoms with Gasteiger partial charge in [0.15, 0.2) is 0 Å². The second-order valence-electron chi connectivity index (χ2n) is 4.76. The van der Waals surface area contributed by atoms with Gasteiger partial charge in [0.25, 0.3) is 0 Å². The van der Waals surface area contributed by atoms with Gasteiger partial charge < -0.3 is 10.1 Å². The third-order valence-electron chi connectivity index (χ3n) is 3.41. The van der Waals surface area contributed by atoms with Crippen LogP contribution in [0, 0.1) is 0 Å². The van der Waals surface area contributed by atoms with Crippen LogP contribution in [0.15, 0.2) is 41.9 Å². The van der Waals surface area contributed by atoms with Gasteiger partial charge in [0, 0.05) is 6.04 Å². The van der Waals surface area contributed by atoms with E-state index in [1.54, 1.807) is 18.4 Å². The summed E-state index contributed by atoms with van der Waals surface area (Å²) < 4.78 is 6.40. The summed E-state index contributed by atoms with van der Waals surface area (Å²) in [4.78, 5) is 4.41. The van der Waals surface area contributed by atoms with Crippen LogP contribution >= 0.6 is 22.9 Å². The Labute approximate surface area is 132 Å². The number of nitrogens with zero attached hydrogens (tertiary/aromatic N) is 1. The van der Waals surface area contributed by atoms with Crippen LogP contribution in [0.5, 0.6) is 5.75 Å². The molecule has 2 aromatic carbocycles. The molecule has 1 N–H and O–H groups in total. The molecular formula is C16H15ClN2OS. The quantitative estimate of drug-likeness (QED) is 0.724. The zero-order valence-corrected chi connectivity index (χ0v) is 13.3. The van der Waals surface area contributed by atoms with Crippen molar-refractivity contribution in [3.63, 3.8) is 0 Å². The number of fused-ring (bicyclic) bond motifs is 1. The van der Waals surface area contributed by atoms with Crippen molar-refractivity contribution >= 4 is 38.8 Å². The van der Waals surface area contributed by atoms with Crippen LogP contribution in [-0.4, -0.2) is 12.1 Å². The number of aromatic nitrogens is 1. The molecule has 1 heterocycles. The Hall–Kier alpha value is -1.78. The fraction of sp³-hybridized carbons (Fsp3) is 0.188. The molecule has 0 bridgehead atoms. The smallest absolute Gasteiger partial charge is 0.119 e. The number of hydrogen-bond acceptors (Lipinski definition) is 4. The first kappa shape index (κ1) is 14.2. The molecule has 21 heavy (non-hydrogen) atoms. The van der Waals surface area contributed by atoms with Crippen molar-refractivity contribution in [3.05, 3.63) is 52.5 Å². The highest BCUT2D eigenvalue weighted by atomic mass is 35.5. The Balaban J connectivity index is 1.94. The van der Waals surface area contributed by atoms with E-state index in [2.05, 4.69) is 23.3 Å². The predicted molar refractivity (Wildman–Crippen MR) is 89.7 cm³/mol. The second-order valence-corrected chi connectivity index (χ2v) is 6.06. The molecule has 1 atom stereocenters. The Kier molecular flexibility index (Phi) is 3.99. The molecule has 0 saturated carbocycles. The number of ether oxygens (including phenoxy) is 1. The lowest BCUT2D eigenvalue weighted by Crippen LogP contribution is -2.07. The van der Waals surface area contributed by atoms with Crippen molar-refractivity contribution in [1.29, 1.82) is 0 Å². The van der Waals surface area contributed by atoms with Gasteiger partial charge in [-0.2, -0.15) is 0 Å². The van der Waals surface area contributed by atoms with Crippen molar-refractivity contribution < 1.29 is 4.74 Å². The third kappa shape index (κ3) is 2.82. The lowest BCUT2D eigenvalue weighted by atomic mass is 10.1. The molecule has 0 aliphatic heterocycles. The zero-order valence-electron chi connectivity index (χ0n) is 11.8. The fourth-order valence-electron chi connectivity index (χ4n) is 2.25. The third-order valence-corrected chi connectivity index (χ3v) is 4.52. The molecule has 3 nitrogen and oxygen atoms in total. The molecule has 108 valence electrons. The molecule has 1 aromatic heterocycles. The molecule has 0 fully saturated rings. The second kappa shape index (κ2) is 5.92. The highest BCUT2D eigenvalue weighted by Gasteiger charge is 2.13. The number of thiazole rings is 1. The SMILES string of the molecule is COc1cccc(C(C)Nc2c(Cl)ccc3scnc23)c1. The summed E-state index contributed by atoms with van der Waals surface area (Å²) in [5.74, 6) is 0.846. The zero-order chi connectivity index (χ0) is 14.8. The van der Waals surface area contributed by atoms with Gasteiger partial charge in [-0.05, 0) is 36.8 Å². The molecule has 0 aliphatic rings. The van der Waals surface area contributed by atoms with E-state index in [1.165, 1.54) is 0 Å². The Bertz CT molecular complexity index is 772. The van der Waals surface area contributed by atoms with E-state index >= 15 is 0 Å². The van der Waals surface area contributed by atoms with Crippen molar-refractivity contribution in [1.82, 2.24) is 4.98 Å². The van der Waals surface area contributed by atoms with E-state index in [0.717, 1.165) is 27.2 Å². The number of methoxy groups -OCH3 is 1. The molecule has 3 aromatic rings. The van der Waals surface area contributed by atoms with Crippen LogP contribution in [0.25, 0.3) is 10.2 Å². The monoisotopic (exact) mass is 318 g/mol. The van der Waals surface area contributed by atoms with E-state index in [0.29, 0.717) is 5.02 Å². The summed E-state index contributed by atoms with van der Waals surface area (Å²) >= 11 is 7.94. The van der Waals surface area contributed by atoms with Gasteiger partial charge in [-0.15, -0.1) is 11.3 Å². The topological polar surface area (TPSA) is 34.1 Å². The van der Waals surface area contributed by atoms with Gasteiger partial charge in [-0.25, -0.2) is 4.98 Å². The summed E-state index contributed by atoms with van der Waals surface area (Å²) in [7, 11) is 1.67. The number of halogens is 1. The van der Waals surface area contributed by atoms with E-state index in [-0.39, 0.29) is 6.04 Å². The predicted octanol–water partition coefficient (Wildman–Crippen LogP) is 5.13. The Morgan fingerprint density at radius 3 is 2.95 bits per heavy atom. The number of rotatable bonds is 4. The minimum atomic E-state index is 0.102. The number of nitrogens with one attached hydrogen (secondary N) is 1. The average Bonchev–Trinajstić information content (AvgIpc) is 2.99. The highest BCUT2D eigenvalue weighted by Crippen LogP contribution is 2.34. The van der Waals surface area contributed by atoms with Crippen LogP contribution in [-0.2, 0) is 0 Å². The normalized spacial score (nSPS) is 12.3. The average molecular weight is 319 g/mol. The molecular weight excluding hydrogens is 304 g/mol. The lowest BCUT2D eigenvalue weighted by molar-refractivity contribution is 0.414. The first-order valence-corrected chi connectivity index (χ1v) is 7.87. The first-order valence-electron chi connectivity index (χ1n) is 6.61. The fourth-order valence-corrected chi connectivity index (χ4v) is 3.15. The molecule has 0 saturated heterocycles. The molecule has 0 radical (unpaired) electrons. The number of benzene rings is 2. The highest BCUT2D eigenvalue weighted by molar-refractivity contribution is 7.16. The first-order chi connectivity index (χ1) is 10.2. The van der Waals surface area contributed by atoms with Gasteiger partial charge >= 0.3 is 0 Å². The van der Waals surface area contributed by atoms with Crippen molar-refractivity contribution in [2.45, 2.75) is 13.0 Å². The maximum absolute atomic E-state index is 6.33. The molecule has 0 amide bonds. The standard InChI is InChI=1S/C16H15ClN2OS/c1-10(11-4-3-5-12(8-11)20-2)19-15-13(17)6-7-14-16(15)18-9-21-14/h3-10,19H,1-2H3. The van der Waals surface area contributed by atoms with E-state index in [9.17, 15) is 0 Å². The largest absolute Gasteiger partial charge is 0.497 e. The van der Waals surface area contributed by atoms with E-state index < -0.39 is 0 Å². The molecule has 0 spiro atoms. The molecule has 0 aliphatic carbocycles. The minimum Gasteiger partial charge on any atom is -0.497 e. The lowest BCUT2D eigenvalue weighted by Gasteiger charge is -2.17. The van der Waals surface area contributed by atoms with E-state index in [1.807, 2.05) is 35.8 Å². The van der Waals surface area contributed by atoms with Crippen molar-refractivity contribution in [3.8, 4) is 5.75 Å². The van der Waals surface area contributed by atoms with E-state index in [4.69, 9.17) is 16.3 Å². The number of anilines is 1. The van der Waals surface area contributed by atoms with Crippen molar-refractivity contribution in [2.24, 2.45) is 0 Å². The van der Waals surface area contributed by atoms with Gasteiger partial charge in [-0.3, -0.25) is 0 Å². The minimum absolute atomic E-state index is 0.102. The van der Waals surface area contributed by atoms with Gasteiger partial charge in [0.2, 0.25) is 0 Å². The van der Waals surface area contributed by atoms with Gasteiger partial charge in [0.05, 0.1) is 28.0 Å². The van der Waals surface area contributed by atoms with Crippen molar-refractivity contribution in [2.75, 3.05) is 12.4 Å². The van der Waals surface area contributed by atoms with Crippen LogP contribution in [0.1, 0.15) is 18.5 Å². The van der Waals surface area contributed by atoms with Crippen LogP contribution in [0.4, 0.5) is 5.69 Å². The maximum atomic E-state index is 6.33. The molecule has 5 heteroatoms. The Morgan fingerprint density at radius 1 is 1.29 bits per heavy atom. The molecule has 3 rings (SSSR count).